The number of anilines is 1. The van der Waals surface area contributed by atoms with Gasteiger partial charge < -0.3 is 20.6 Å². The summed E-state index contributed by atoms with van der Waals surface area (Å²) in [5, 5.41) is 16.5. The van der Waals surface area contributed by atoms with Gasteiger partial charge in [-0.05, 0) is 31.0 Å². The van der Waals surface area contributed by atoms with Gasteiger partial charge in [0.15, 0.2) is 0 Å². The second-order valence-electron chi connectivity index (χ2n) is 4.70. The zero-order valence-electron chi connectivity index (χ0n) is 12.5. The zero-order valence-corrected chi connectivity index (χ0v) is 12.5. The molecule has 7 nitrogen and oxygen atoms in total. The Labute approximate surface area is 128 Å². The molecule has 1 aromatic rings. The van der Waals surface area contributed by atoms with Gasteiger partial charge in [0, 0.05) is 5.69 Å². The quantitative estimate of drug-likeness (QED) is 0.246. The minimum absolute atomic E-state index is 0.298. The van der Waals surface area contributed by atoms with Crippen molar-refractivity contribution in [2.45, 2.75) is 19.4 Å². The Bertz CT molecular complexity index is 567. The highest BCUT2D eigenvalue weighted by atomic mass is 16.5. The van der Waals surface area contributed by atoms with Gasteiger partial charge in [0.2, 0.25) is 0 Å². The molecule has 2 amide bonds. The number of oxime groups is 1. The smallest absolute Gasteiger partial charge is 0.328 e. The molecule has 1 aromatic carbocycles. The van der Waals surface area contributed by atoms with Crippen molar-refractivity contribution in [1.82, 2.24) is 5.32 Å². The van der Waals surface area contributed by atoms with Crippen LogP contribution in [0.5, 0.6) is 0 Å². The summed E-state index contributed by atoms with van der Waals surface area (Å²) in [5.41, 5.74) is 1.97. The van der Waals surface area contributed by atoms with Crippen molar-refractivity contribution in [1.29, 1.82) is 0 Å². The maximum atomic E-state index is 11.9. The molecule has 0 fully saturated rings. The number of amides is 2. The minimum atomic E-state index is -0.789. The highest BCUT2D eigenvalue weighted by molar-refractivity contribution is 5.93. The fourth-order valence-electron chi connectivity index (χ4n) is 1.73. The minimum Gasteiger partial charge on any atom is -0.467 e. The van der Waals surface area contributed by atoms with E-state index in [4.69, 9.17) is 5.21 Å². The number of carbonyl (C=O) groups excluding carboxylic acids is 2. The van der Waals surface area contributed by atoms with Crippen LogP contribution in [0.1, 0.15) is 18.9 Å². The molecule has 3 N–H and O–H groups in total. The molecule has 1 atom stereocenters. The number of nitrogens with zero attached hydrogens (tertiary/aromatic N) is 1. The van der Waals surface area contributed by atoms with Crippen molar-refractivity contribution in [3.05, 3.63) is 42.0 Å². The Hall–Kier alpha value is -2.83. The van der Waals surface area contributed by atoms with Gasteiger partial charge in [-0.15, -0.1) is 6.58 Å². The summed E-state index contributed by atoms with van der Waals surface area (Å²) in [6, 6.07) is 5.30. The number of benzene rings is 1. The molecular weight excluding hydrogens is 286 g/mol. The van der Waals surface area contributed by atoms with Crippen LogP contribution in [0.3, 0.4) is 0 Å². The Kier molecular flexibility index (Phi) is 6.62. The number of nitrogens with one attached hydrogen (secondary N) is 2. The van der Waals surface area contributed by atoms with Crippen LogP contribution in [0.25, 0.3) is 0 Å². The number of hydrogen-bond donors (Lipinski definition) is 3. The summed E-state index contributed by atoms with van der Waals surface area (Å²) in [6.45, 7) is 5.48. The predicted octanol–water partition coefficient (Wildman–Crippen LogP) is 2.12. The van der Waals surface area contributed by atoms with E-state index in [2.05, 4.69) is 27.1 Å². The van der Waals surface area contributed by atoms with E-state index in [1.807, 2.05) is 0 Å². The summed E-state index contributed by atoms with van der Waals surface area (Å²) in [5.74, 6) is -0.535. The van der Waals surface area contributed by atoms with Crippen molar-refractivity contribution in [2.75, 3.05) is 12.4 Å². The SMILES string of the molecule is C=C(C)CC(NC(=O)Nc1ccc(/C=N/O)cc1)C(=O)OC. The van der Waals surface area contributed by atoms with E-state index < -0.39 is 18.0 Å². The third-order valence-electron chi connectivity index (χ3n) is 2.72. The van der Waals surface area contributed by atoms with E-state index in [0.717, 1.165) is 5.57 Å². The van der Waals surface area contributed by atoms with Crippen LogP contribution in [0.15, 0.2) is 41.6 Å². The first-order valence-electron chi connectivity index (χ1n) is 6.53. The van der Waals surface area contributed by atoms with Crippen molar-refractivity contribution >= 4 is 23.9 Å². The molecular formula is C15H19N3O4. The summed E-state index contributed by atoms with van der Waals surface area (Å²) in [4.78, 5) is 23.5. The van der Waals surface area contributed by atoms with Gasteiger partial charge in [-0.1, -0.05) is 22.9 Å². The van der Waals surface area contributed by atoms with Gasteiger partial charge in [0.1, 0.15) is 6.04 Å². The molecule has 1 unspecified atom stereocenters. The van der Waals surface area contributed by atoms with E-state index in [0.29, 0.717) is 17.7 Å². The molecule has 0 radical (unpaired) electrons. The van der Waals surface area contributed by atoms with Crippen LogP contribution >= 0.6 is 0 Å². The van der Waals surface area contributed by atoms with Gasteiger partial charge in [-0.2, -0.15) is 0 Å². The molecule has 1 rings (SSSR count). The highest BCUT2D eigenvalue weighted by Crippen LogP contribution is 2.09. The number of urea groups is 1. The number of methoxy groups -OCH3 is 1. The molecule has 0 aliphatic carbocycles. The number of esters is 1. The second-order valence-corrected chi connectivity index (χ2v) is 4.70. The topological polar surface area (TPSA) is 100 Å². The van der Waals surface area contributed by atoms with E-state index in [1.165, 1.54) is 13.3 Å². The van der Waals surface area contributed by atoms with E-state index in [1.54, 1.807) is 31.2 Å². The predicted molar refractivity (Wildman–Crippen MR) is 83.2 cm³/mol. The normalized spacial score (nSPS) is 11.7. The maximum Gasteiger partial charge on any atom is 0.328 e. The lowest BCUT2D eigenvalue weighted by atomic mass is 10.1. The molecule has 0 spiro atoms. The van der Waals surface area contributed by atoms with E-state index in [-0.39, 0.29) is 0 Å². The van der Waals surface area contributed by atoms with Gasteiger partial charge in [-0.25, -0.2) is 9.59 Å². The van der Waals surface area contributed by atoms with Gasteiger partial charge in [-0.3, -0.25) is 0 Å². The number of rotatable bonds is 6. The average Bonchev–Trinajstić information content (AvgIpc) is 2.47. The summed E-state index contributed by atoms with van der Waals surface area (Å²) in [6.07, 6.45) is 1.57. The van der Waals surface area contributed by atoms with Crippen LogP contribution in [-0.4, -0.2) is 36.6 Å². The lowest BCUT2D eigenvalue weighted by Crippen LogP contribution is -2.43. The van der Waals surface area contributed by atoms with Crippen molar-refractivity contribution in [2.24, 2.45) is 5.16 Å². The van der Waals surface area contributed by atoms with Crippen LogP contribution < -0.4 is 10.6 Å². The molecule has 0 aromatic heterocycles. The molecule has 0 aliphatic rings. The van der Waals surface area contributed by atoms with Crippen molar-refractivity contribution < 1.29 is 19.5 Å². The Morgan fingerprint density at radius 1 is 1.41 bits per heavy atom. The number of ether oxygens (including phenoxy) is 1. The second kappa shape index (κ2) is 8.46. The molecule has 0 aliphatic heterocycles. The molecule has 7 heteroatoms. The summed E-state index contributed by atoms with van der Waals surface area (Å²) in [7, 11) is 1.26. The standard InChI is InChI=1S/C15H19N3O4/c1-10(2)8-13(14(19)22-3)18-15(20)17-12-6-4-11(5-7-12)9-16-21/h4-7,9,13,21H,1,8H2,2-3H3,(H2,17,18,20)/b16-9+. The summed E-state index contributed by atoms with van der Waals surface area (Å²) >= 11 is 0. The molecule has 0 heterocycles. The maximum absolute atomic E-state index is 11.9. The first-order chi connectivity index (χ1) is 10.5. The third kappa shape index (κ3) is 5.66. The van der Waals surface area contributed by atoms with Crippen LogP contribution in [0.2, 0.25) is 0 Å². The van der Waals surface area contributed by atoms with Crippen LogP contribution in [0.4, 0.5) is 10.5 Å². The van der Waals surface area contributed by atoms with Gasteiger partial charge in [0.05, 0.1) is 13.3 Å². The third-order valence-corrected chi connectivity index (χ3v) is 2.72. The Balaban J connectivity index is 2.66. The number of carbonyl (C=O) groups is 2. The van der Waals surface area contributed by atoms with E-state index >= 15 is 0 Å². The van der Waals surface area contributed by atoms with E-state index in [9.17, 15) is 9.59 Å². The molecule has 0 bridgehead atoms. The van der Waals surface area contributed by atoms with Gasteiger partial charge in [0.25, 0.3) is 0 Å². The zero-order chi connectivity index (χ0) is 16.5. The van der Waals surface area contributed by atoms with Crippen LogP contribution in [-0.2, 0) is 9.53 Å². The van der Waals surface area contributed by atoms with Crippen molar-refractivity contribution in [3.63, 3.8) is 0 Å². The molecule has 0 saturated carbocycles. The first kappa shape index (κ1) is 17.2. The largest absolute Gasteiger partial charge is 0.467 e. The Morgan fingerprint density at radius 2 is 2.05 bits per heavy atom. The van der Waals surface area contributed by atoms with Gasteiger partial charge >= 0.3 is 12.0 Å². The first-order valence-corrected chi connectivity index (χ1v) is 6.53. The fourth-order valence-corrected chi connectivity index (χ4v) is 1.73. The summed E-state index contributed by atoms with van der Waals surface area (Å²) < 4.78 is 4.65. The fraction of sp³-hybridized carbons (Fsp3) is 0.267. The molecule has 118 valence electrons. The number of hydrogen-bond acceptors (Lipinski definition) is 5. The van der Waals surface area contributed by atoms with Crippen molar-refractivity contribution in [3.8, 4) is 0 Å². The lowest BCUT2D eigenvalue weighted by Gasteiger charge is -2.17. The molecule has 0 saturated heterocycles. The monoisotopic (exact) mass is 305 g/mol. The highest BCUT2D eigenvalue weighted by Gasteiger charge is 2.21. The molecule has 22 heavy (non-hydrogen) atoms. The van der Waals surface area contributed by atoms with Crippen LogP contribution in [0, 0.1) is 0 Å². The lowest BCUT2D eigenvalue weighted by molar-refractivity contribution is -0.142. The average molecular weight is 305 g/mol. The Morgan fingerprint density at radius 3 is 2.55 bits per heavy atom.